The predicted octanol–water partition coefficient (Wildman–Crippen LogP) is 0.0901. The molecule has 1 unspecified atom stereocenters. The number of hydrogen-bond donors (Lipinski definition) is 2. The lowest BCUT2D eigenvalue weighted by Crippen LogP contribution is -2.38. The Bertz CT molecular complexity index is 316. The van der Waals surface area contributed by atoms with Crippen molar-refractivity contribution >= 4 is 17.5 Å². The number of nitrogens with zero attached hydrogens (tertiary/aromatic N) is 1. The lowest BCUT2D eigenvalue weighted by atomic mass is 10.1. The first-order valence-electron chi connectivity index (χ1n) is 3.75. The van der Waals surface area contributed by atoms with Gasteiger partial charge in [0.25, 0.3) is 0 Å². The largest absolute Gasteiger partial charge is 0.368 e. The summed E-state index contributed by atoms with van der Waals surface area (Å²) in [5.41, 5.74) is 11.3. The van der Waals surface area contributed by atoms with E-state index in [1.54, 1.807) is 18.3 Å². The lowest BCUT2D eigenvalue weighted by Gasteiger charge is -2.06. The number of amides is 1. The zero-order valence-electron chi connectivity index (χ0n) is 6.90. The van der Waals surface area contributed by atoms with Crippen molar-refractivity contribution in [1.29, 1.82) is 0 Å². The number of rotatable bonds is 3. The molecule has 1 heterocycles. The minimum absolute atomic E-state index is 0.383. The van der Waals surface area contributed by atoms with Crippen molar-refractivity contribution in [2.45, 2.75) is 12.5 Å². The van der Waals surface area contributed by atoms with E-state index < -0.39 is 11.9 Å². The van der Waals surface area contributed by atoms with Crippen LogP contribution in [0.15, 0.2) is 18.3 Å². The second-order valence-corrected chi connectivity index (χ2v) is 3.09. The minimum atomic E-state index is -0.668. The van der Waals surface area contributed by atoms with Crippen molar-refractivity contribution in [2.75, 3.05) is 0 Å². The summed E-state index contributed by atoms with van der Waals surface area (Å²) in [6.07, 6.45) is 1.95. The van der Waals surface area contributed by atoms with Crippen molar-refractivity contribution in [1.82, 2.24) is 4.98 Å². The van der Waals surface area contributed by atoms with E-state index in [4.69, 9.17) is 23.1 Å². The maximum absolute atomic E-state index is 10.6. The van der Waals surface area contributed by atoms with Crippen LogP contribution in [0, 0.1) is 0 Å². The zero-order chi connectivity index (χ0) is 9.84. The standard InChI is InChI=1S/C8H10ClN3O/c9-7-4-5(1-2-12-7)3-6(10)8(11)13/h1-2,4,6H,3,10H2,(H2,11,13). The Morgan fingerprint density at radius 2 is 2.38 bits per heavy atom. The van der Waals surface area contributed by atoms with Gasteiger partial charge in [0.15, 0.2) is 0 Å². The number of carbonyl (C=O) groups excluding carboxylic acids is 1. The first kappa shape index (κ1) is 9.95. The molecule has 0 bridgehead atoms. The first-order chi connectivity index (χ1) is 6.09. The number of carbonyl (C=O) groups is 1. The Morgan fingerprint density at radius 3 is 2.92 bits per heavy atom. The third-order valence-corrected chi connectivity index (χ3v) is 1.82. The average molecular weight is 200 g/mol. The molecule has 1 aromatic heterocycles. The molecule has 70 valence electrons. The number of aromatic nitrogens is 1. The van der Waals surface area contributed by atoms with Gasteiger partial charge in [-0.15, -0.1) is 0 Å². The van der Waals surface area contributed by atoms with E-state index >= 15 is 0 Å². The summed E-state index contributed by atoms with van der Waals surface area (Å²) in [6.45, 7) is 0. The molecule has 0 aliphatic carbocycles. The van der Waals surface area contributed by atoms with Crippen LogP contribution in [-0.4, -0.2) is 16.9 Å². The highest BCUT2D eigenvalue weighted by Crippen LogP contribution is 2.08. The van der Waals surface area contributed by atoms with Gasteiger partial charge < -0.3 is 11.5 Å². The van der Waals surface area contributed by atoms with Crippen LogP contribution < -0.4 is 11.5 Å². The molecule has 0 fully saturated rings. The monoisotopic (exact) mass is 199 g/mol. The summed E-state index contributed by atoms with van der Waals surface area (Å²) in [4.78, 5) is 14.4. The number of pyridine rings is 1. The maximum Gasteiger partial charge on any atom is 0.234 e. The highest BCUT2D eigenvalue weighted by Gasteiger charge is 2.09. The molecule has 1 amide bonds. The molecule has 0 saturated carbocycles. The summed E-state index contributed by atoms with van der Waals surface area (Å²) in [6, 6.07) is 2.73. The molecular formula is C8H10ClN3O. The summed E-state index contributed by atoms with van der Waals surface area (Å²) >= 11 is 5.64. The van der Waals surface area contributed by atoms with E-state index in [9.17, 15) is 4.79 Å². The van der Waals surface area contributed by atoms with Crippen LogP contribution in [0.2, 0.25) is 5.15 Å². The molecule has 1 atom stereocenters. The second-order valence-electron chi connectivity index (χ2n) is 2.70. The van der Waals surface area contributed by atoms with Gasteiger partial charge in [0.05, 0.1) is 6.04 Å². The van der Waals surface area contributed by atoms with Crippen LogP contribution in [0.25, 0.3) is 0 Å². The lowest BCUT2D eigenvalue weighted by molar-refractivity contribution is -0.119. The van der Waals surface area contributed by atoms with Crippen LogP contribution in [0.4, 0.5) is 0 Å². The quantitative estimate of drug-likeness (QED) is 0.677. The van der Waals surface area contributed by atoms with E-state index in [0.29, 0.717) is 11.6 Å². The third-order valence-electron chi connectivity index (χ3n) is 1.61. The van der Waals surface area contributed by atoms with Gasteiger partial charge in [-0.1, -0.05) is 11.6 Å². The minimum Gasteiger partial charge on any atom is -0.368 e. The Kier molecular flexibility index (Phi) is 3.22. The van der Waals surface area contributed by atoms with Crippen molar-refractivity contribution in [3.05, 3.63) is 29.0 Å². The zero-order valence-corrected chi connectivity index (χ0v) is 7.66. The fraction of sp³-hybridized carbons (Fsp3) is 0.250. The number of halogens is 1. The molecule has 13 heavy (non-hydrogen) atoms. The van der Waals surface area contributed by atoms with Crippen LogP contribution in [0.5, 0.6) is 0 Å². The highest BCUT2D eigenvalue weighted by molar-refractivity contribution is 6.29. The fourth-order valence-corrected chi connectivity index (χ4v) is 1.12. The molecule has 1 rings (SSSR count). The number of primary amides is 1. The van der Waals surface area contributed by atoms with E-state index in [0.717, 1.165) is 5.56 Å². The Labute approximate surface area is 80.9 Å². The molecule has 5 heteroatoms. The van der Waals surface area contributed by atoms with E-state index in [1.807, 2.05) is 0 Å². The Hall–Kier alpha value is -1.13. The second kappa shape index (κ2) is 4.20. The summed E-state index contributed by atoms with van der Waals surface area (Å²) in [5, 5.41) is 0.383. The van der Waals surface area contributed by atoms with Crippen molar-refractivity contribution in [3.63, 3.8) is 0 Å². The maximum atomic E-state index is 10.6. The van der Waals surface area contributed by atoms with Gasteiger partial charge in [-0.3, -0.25) is 4.79 Å². The number of hydrogen-bond acceptors (Lipinski definition) is 3. The Balaban J connectivity index is 2.69. The molecule has 0 saturated heterocycles. The summed E-state index contributed by atoms with van der Waals surface area (Å²) in [5.74, 6) is -0.520. The van der Waals surface area contributed by atoms with Crippen LogP contribution in [-0.2, 0) is 11.2 Å². The molecule has 0 aliphatic rings. The molecule has 4 nitrogen and oxygen atoms in total. The predicted molar refractivity (Wildman–Crippen MR) is 50.1 cm³/mol. The molecule has 0 radical (unpaired) electrons. The van der Waals surface area contributed by atoms with Gasteiger partial charge in [0, 0.05) is 6.20 Å². The molecule has 0 aromatic carbocycles. The molecule has 1 aromatic rings. The smallest absolute Gasteiger partial charge is 0.234 e. The van der Waals surface area contributed by atoms with Crippen LogP contribution in [0.3, 0.4) is 0 Å². The highest BCUT2D eigenvalue weighted by atomic mass is 35.5. The SMILES string of the molecule is NC(=O)C(N)Cc1ccnc(Cl)c1. The third kappa shape index (κ3) is 3.01. The fourth-order valence-electron chi connectivity index (χ4n) is 0.924. The van der Waals surface area contributed by atoms with E-state index in [-0.39, 0.29) is 0 Å². The van der Waals surface area contributed by atoms with Gasteiger partial charge in [0.2, 0.25) is 5.91 Å². The van der Waals surface area contributed by atoms with Gasteiger partial charge in [-0.05, 0) is 24.1 Å². The van der Waals surface area contributed by atoms with Crippen LogP contribution >= 0.6 is 11.6 Å². The van der Waals surface area contributed by atoms with Gasteiger partial charge >= 0.3 is 0 Å². The van der Waals surface area contributed by atoms with Crippen LogP contribution in [0.1, 0.15) is 5.56 Å². The Morgan fingerprint density at radius 1 is 1.69 bits per heavy atom. The average Bonchev–Trinajstić information content (AvgIpc) is 2.04. The van der Waals surface area contributed by atoms with E-state index in [2.05, 4.69) is 4.98 Å². The van der Waals surface area contributed by atoms with Crippen molar-refractivity contribution in [3.8, 4) is 0 Å². The van der Waals surface area contributed by atoms with Crippen molar-refractivity contribution in [2.24, 2.45) is 11.5 Å². The first-order valence-corrected chi connectivity index (χ1v) is 4.12. The summed E-state index contributed by atoms with van der Waals surface area (Å²) in [7, 11) is 0. The molecule has 4 N–H and O–H groups in total. The number of nitrogens with two attached hydrogens (primary N) is 2. The molecular weight excluding hydrogens is 190 g/mol. The summed E-state index contributed by atoms with van der Waals surface area (Å²) < 4.78 is 0. The van der Waals surface area contributed by atoms with E-state index in [1.165, 1.54) is 0 Å². The molecule has 0 aliphatic heterocycles. The molecule has 0 spiro atoms. The normalized spacial score (nSPS) is 12.5. The van der Waals surface area contributed by atoms with Gasteiger partial charge in [-0.25, -0.2) is 4.98 Å². The topological polar surface area (TPSA) is 82.0 Å². The van der Waals surface area contributed by atoms with Gasteiger partial charge in [-0.2, -0.15) is 0 Å². The van der Waals surface area contributed by atoms with Crippen molar-refractivity contribution < 1.29 is 4.79 Å². The van der Waals surface area contributed by atoms with Gasteiger partial charge in [0.1, 0.15) is 5.15 Å².